The molecule has 2 aromatic rings. The Morgan fingerprint density at radius 1 is 1.11 bits per heavy atom. The lowest BCUT2D eigenvalue weighted by atomic mass is 10.2. The average molecular weight is 432 g/mol. The minimum atomic E-state index is -0.0688. The normalized spacial score (nSPS) is 11.1. The summed E-state index contributed by atoms with van der Waals surface area (Å²) < 4.78 is 0.895. The largest absolute Gasteiger partial charge is 0.357 e. The molecule has 0 radical (unpaired) electrons. The SMILES string of the molecule is CCNC(=NCCCNC(=O)c1cccc(Br)c1)NCCc1ccccn1. The fourth-order valence-corrected chi connectivity index (χ4v) is 2.80. The molecular weight excluding hydrogens is 406 g/mol. The van der Waals surface area contributed by atoms with Gasteiger partial charge in [-0.2, -0.15) is 0 Å². The summed E-state index contributed by atoms with van der Waals surface area (Å²) in [7, 11) is 0. The number of nitrogens with zero attached hydrogens (tertiary/aromatic N) is 2. The van der Waals surface area contributed by atoms with Crippen molar-refractivity contribution in [2.24, 2.45) is 4.99 Å². The van der Waals surface area contributed by atoms with Crippen LogP contribution < -0.4 is 16.0 Å². The molecule has 0 saturated carbocycles. The highest BCUT2D eigenvalue weighted by atomic mass is 79.9. The van der Waals surface area contributed by atoms with Crippen molar-refractivity contribution in [1.82, 2.24) is 20.9 Å². The third-order valence-corrected chi connectivity index (χ3v) is 4.21. The van der Waals surface area contributed by atoms with Gasteiger partial charge in [0.25, 0.3) is 5.91 Å². The van der Waals surface area contributed by atoms with Crippen molar-refractivity contribution in [3.05, 3.63) is 64.4 Å². The Labute approximate surface area is 169 Å². The number of carbonyl (C=O) groups excluding carboxylic acids is 1. The molecule has 0 atom stereocenters. The van der Waals surface area contributed by atoms with Crippen LogP contribution in [0, 0.1) is 0 Å². The van der Waals surface area contributed by atoms with E-state index < -0.39 is 0 Å². The second-order valence-electron chi connectivity index (χ2n) is 5.88. The highest BCUT2D eigenvalue weighted by Gasteiger charge is 2.04. The van der Waals surface area contributed by atoms with Gasteiger partial charge in [0.15, 0.2) is 5.96 Å². The van der Waals surface area contributed by atoms with Gasteiger partial charge in [0.05, 0.1) is 0 Å². The van der Waals surface area contributed by atoms with E-state index in [1.807, 2.05) is 43.3 Å². The quantitative estimate of drug-likeness (QED) is 0.324. The van der Waals surface area contributed by atoms with E-state index in [9.17, 15) is 4.79 Å². The van der Waals surface area contributed by atoms with Crippen LogP contribution in [-0.2, 0) is 6.42 Å². The van der Waals surface area contributed by atoms with Gasteiger partial charge < -0.3 is 16.0 Å². The van der Waals surface area contributed by atoms with Gasteiger partial charge >= 0.3 is 0 Å². The predicted octanol–water partition coefficient (Wildman–Crippen LogP) is 2.76. The Kier molecular flexibility index (Phi) is 9.34. The molecule has 0 bridgehead atoms. The van der Waals surface area contributed by atoms with E-state index >= 15 is 0 Å². The van der Waals surface area contributed by atoms with Gasteiger partial charge in [0, 0.05) is 54.5 Å². The van der Waals surface area contributed by atoms with Crippen LogP contribution in [0.3, 0.4) is 0 Å². The van der Waals surface area contributed by atoms with Gasteiger partial charge in [-0.25, -0.2) is 0 Å². The van der Waals surface area contributed by atoms with Gasteiger partial charge in [-0.3, -0.25) is 14.8 Å². The molecule has 7 heteroatoms. The molecule has 144 valence electrons. The Balaban J connectivity index is 1.68. The van der Waals surface area contributed by atoms with Crippen molar-refractivity contribution in [1.29, 1.82) is 0 Å². The molecule has 3 N–H and O–H groups in total. The van der Waals surface area contributed by atoms with Crippen LogP contribution in [0.5, 0.6) is 0 Å². The number of nitrogens with one attached hydrogen (secondary N) is 3. The highest BCUT2D eigenvalue weighted by molar-refractivity contribution is 9.10. The van der Waals surface area contributed by atoms with Gasteiger partial charge in [-0.1, -0.05) is 28.1 Å². The van der Waals surface area contributed by atoms with E-state index in [-0.39, 0.29) is 5.91 Å². The molecule has 0 fully saturated rings. The van der Waals surface area contributed by atoms with E-state index in [1.54, 1.807) is 12.3 Å². The zero-order chi connectivity index (χ0) is 19.3. The summed E-state index contributed by atoms with van der Waals surface area (Å²) in [5.41, 5.74) is 1.70. The Morgan fingerprint density at radius 2 is 2.00 bits per heavy atom. The molecule has 27 heavy (non-hydrogen) atoms. The third kappa shape index (κ3) is 8.21. The van der Waals surface area contributed by atoms with Crippen LogP contribution in [-0.4, -0.2) is 43.0 Å². The second-order valence-corrected chi connectivity index (χ2v) is 6.79. The van der Waals surface area contributed by atoms with Crippen molar-refractivity contribution in [3.8, 4) is 0 Å². The first-order chi connectivity index (χ1) is 13.2. The summed E-state index contributed by atoms with van der Waals surface area (Å²) >= 11 is 3.37. The summed E-state index contributed by atoms with van der Waals surface area (Å²) in [6.07, 6.45) is 3.42. The summed E-state index contributed by atoms with van der Waals surface area (Å²) in [5, 5.41) is 9.45. The molecule has 1 aromatic carbocycles. The first kappa shape index (κ1) is 20.9. The van der Waals surface area contributed by atoms with Gasteiger partial charge in [-0.15, -0.1) is 0 Å². The first-order valence-electron chi connectivity index (χ1n) is 9.15. The molecule has 0 aliphatic rings. The molecule has 0 aliphatic carbocycles. The van der Waals surface area contributed by atoms with Crippen molar-refractivity contribution < 1.29 is 4.79 Å². The van der Waals surface area contributed by atoms with E-state index in [0.717, 1.165) is 42.1 Å². The maximum atomic E-state index is 12.1. The number of hydrogen-bond donors (Lipinski definition) is 3. The zero-order valence-electron chi connectivity index (χ0n) is 15.5. The fourth-order valence-electron chi connectivity index (χ4n) is 2.40. The summed E-state index contributed by atoms with van der Waals surface area (Å²) in [6.45, 7) is 4.82. The molecule has 2 rings (SSSR count). The average Bonchev–Trinajstić information content (AvgIpc) is 2.68. The smallest absolute Gasteiger partial charge is 0.251 e. The summed E-state index contributed by atoms with van der Waals surface area (Å²) in [6, 6.07) is 13.3. The van der Waals surface area contributed by atoms with E-state index in [4.69, 9.17) is 0 Å². The monoisotopic (exact) mass is 431 g/mol. The fraction of sp³-hybridized carbons (Fsp3) is 0.350. The number of guanidine groups is 1. The molecule has 0 spiro atoms. The van der Waals surface area contributed by atoms with Crippen molar-refractivity contribution in [2.75, 3.05) is 26.2 Å². The Morgan fingerprint density at radius 3 is 2.74 bits per heavy atom. The van der Waals surface area contributed by atoms with Crippen molar-refractivity contribution in [2.45, 2.75) is 19.8 Å². The number of benzene rings is 1. The predicted molar refractivity (Wildman–Crippen MR) is 113 cm³/mol. The molecule has 0 aliphatic heterocycles. The lowest BCUT2D eigenvalue weighted by Crippen LogP contribution is -2.38. The number of rotatable bonds is 9. The van der Waals surface area contributed by atoms with Crippen LogP contribution in [0.1, 0.15) is 29.4 Å². The standard InChI is InChI=1S/C20H26BrN5O/c1-2-22-20(26-14-10-18-9-3-4-11-23-18)25-13-6-12-24-19(27)16-7-5-8-17(21)15-16/h3-5,7-9,11,15H,2,6,10,12-14H2,1H3,(H,24,27)(H2,22,25,26). The maximum absolute atomic E-state index is 12.1. The lowest BCUT2D eigenvalue weighted by molar-refractivity contribution is 0.0953. The first-order valence-corrected chi connectivity index (χ1v) is 9.94. The lowest BCUT2D eigenvalue weighted by Gasteiger charge is -2.11. The third-order valence-electron chi connectivity index (χ3n) is 3.72. The Bertz CT molecular complexity index is 736. The minimum absolute atomic E-state index is 0.0688. The molecule has 0 saturated heterocycles. The van der Waals surface area contributed by atoms with Crippen molar-refractivity contribution >= 4 is 27.8 Å². The molecule has 0 unspecified atom stereocenters. The number of amides is 1. The van der Waals surface area contributed by atoms with E-state index in [2.05, 4.69) is 41.9 Å². The molecule has 1 heterocycles. The van der Waals surface area contributed by atoms with E-state index in [1.165, 1.54) is 0 Å². The molecule has 6 nitrogen and oxygen atoms in total. The van der Waals surface area contributed by atoms with Crippen LogP contribution in [0.15, 0.2) is 58.1 Å². The van der Waals surface area contributed by atoms with Crippen molar-refractivity contribution in [3.63, 3.8) is 0 Å². The maximum Gasteiger partial charge on any atom is 0.251 e. The minimum Gasteiger partial charge on any atom is -0.357 e. The van der Waals surface area contributed by atoms with Gasteiger partial charge in [-0.05, 0) is 43.7 Å². The van der Waals surface area contributed by atoms with Crippen LogP contribution in [0.4, 0.5) is 0 Å². The number of hydrogen-bond acceptors (Lipinski definition) is 3. The van der Waals surface area contributed by atoms with E-state index in [0.29, 0.717) is 18.7 Å². The molecule has 1 aromatic heterocycles. The van der Waals surface area contributed by atoms with Gasteiger partial charge in [0.1, 0.15) is 0 Å². The van der Waals surface area contributed by atoms with Gasteiger partial charge in [0.2, 0.25) is 0 Å². The number of pyridine rings is 1. The highest BCUT2D eigenvalue weighted by Crippen LogP contribution is 2.11. The number of carbonyl (C=O) groups is 1. The topological polar surface area (TPSA) is 78.4 Å². The summed E-state index contributed by atoms with van der Waals surface area (Å²) in [4.78, 5) is 20.9. The van der Waals surface area contributed by atoms with Crippen LogP contribution in [0.2, 0.25) is 0 Å². The number of halogens is 1. The summed E-state index contributed by atoms with van der Waals surface area (Å²) in [5.74, 6) is 0.715. The zero-order valence-corrected chi connectivity index (χ0v) is 17.1. The second kappa shape index (κ2) is 12.1. The van der Waals surface area contributed by atoms with Crippen LogP contribution in [0.25, 0.3) is 0 Å². The molecule has 1 amide bonds. The number of aromatic nitrogens is 1. The number of aliphatic imine (C=N–C) groups is 1. The Hall–Kier alpha value is -2.41. The van der Waals surface area contributed by atoms with Crippen LogP contribution >= 0.6 is 15.9 Å². The molecular formula is C20H26BrN5O.